The molecule has 0 rings (SSSR count). The summed E-state index contributed by atoms with van der Waals surface area (Å²) in [6, 6.07) is 0. The summed E-state index contributed by atoms with van der Waals surface area (Å²) in [5, 5.41) is 9.62. The standard InChI is InChI=1S/C65H100O5/c1-3-5-7-9-11-13-15-17-19-20-21-22-23-24-25-26-27-28-29-30-31-32-33-34-35-36-37-38-39-40-41-42-43-44-46-48-50-52-54-56-58-60-65(68)70-63(61-66)62-69-64(67)59-57-55-53-51-49-47-45-18-16-14-12-10-8-6-4-2/h5,7,11-14,17-19,21-22,24-25,27-28,30-31,33-34,36-37,39-40,42-43,45-46,48,63,66H,3-4,6,8-10,15-16,20,23,26,29,32,35,38,41,44,47,49-62H2,1-2H3/b7-5-,13-11-,14-12-,19-17-,22-21-,25-24-,28-27-,31-30-,34-33-,37-36-,40-39-,43-42-,45-18-,48-46-. The zero-order valence-corrected chi connectivity index (χ0v) is 44.5. The number of carbonyl (C=O) groups excluding carboxylic acids is 2. The Hall–Kier alpha value is -4.74. The van der Waals surface area contributed by atoms with Crippen molar-refractivity contribution in [1.29, 1.82) is 0 Å². The molecular formula is C65H100O5. The van der Waals surface area contributed by atoms with E-state index >= 15 is 0 Å². The summed E-state index contributed by atoms with van der Waals surface area (Å²) >= 11 is 0. The fourth-order valence-corrected chi connectivity index (χ4v) is 6.86. The Labute approximate surface area is 430 Å². The zero-order valence-electron chi connectivity index (χ0n) is 44.5. The summed E-state index contributed by atoms with van der Waals surface area (Å²) in [5.41, 5.74) is 0. The summed E-state index contributed by atoms with van der Waals surface area (Å²) in [5.74, 6) is -0.650. The van der Waals surface area contributed by atoms with Gasteiger partial charge in [-0.2, -0.15) is 0 Å². The summed E-state index contributed by atoms with van der Waals surface area (Å²) in [7, 11) is 0. The van der Waals surface area contributed by atoms with E-state index in [0.29, 0.717) is 12.8 Å². The highest BCUT2D eigenvalue weighted by Crippen LogP contribution is 2.11. The number of ether oxygens (including phenoxy) is 2. The maximum atomic E-state index is 12.3. The average molecular weight is 962 g/mol. The first-order chi connectivity index (χ1) is 34.6. The lowest BCUT2D eigenvalue weighted by atomic mass is 10.1. The Morgan fingerprint density at radius 2 is 0.614 bits per heavy atom. The van der Waals surface area contributed by atoms with Gasteiger partial charge in [-0.25, -0.2) is 0 Å². The number of carbonyl (C=O) groups is 2. The molecule has 70 heavy (non-hydrogen) atoms. The van der Waals surface area contributed by atoms with Crippen LogP contribution < -0.4 is 0 Å². The van der Waals surface area contributed by atoms with Crippen molar-refractivity contribution in [3.05, 3.63) is 170 Å². The Bertz CT molecular complexity index is 1600. The number of rotatable bonds is 48. The van der Waals surface area contributed by atoms with Gasteiger partial charge in [0.1, 0.15) is 6.61 Å². The molecule has 0 radical (unpaired) electrons. The van der Waals surface area contributed by atoms with Crippen molar-refractivity contribution >= 4 is 11.9 Å². The van der Waals surface area contributed by atoms with Crippen molar-refractivity contribution in [3.63, 3.8) is 0 Å². The topological polar surface area (TPSA) is 72.8 Å². The quantitative estimate of drug-likeness (QED) is 0.0374. The highest BCUT2D eigenvalue weighted by atomic mass is 16.6. The Kier molecular flexibility index (Phi) is 54.6. The van der Waals surface area contributed by atoms with Gasteiger partial charge in [-0.05, 0) is 135 Å². The Morgan fingerprint density at radius 1 is 0.343 bits per heavy atom. The maximum Gasteiger partial charge on any atom is 0.306 e. The van der Waals surface area contributed by atoms with Crippen LogP contribution in [0.4, 0.5) is 0 Å². The molecule has 0 aliphatic rings. The van der Waals surface area contributed by atoms with E-state index in [9.17, 15) is 14.7 Å². The van der Waals surface area contributed by atoms with Gasteiger partial charge in [0.05, 0.1) is 6.61 Å². The van der Waals surface area contributed by atoms with Crippen LogP contribution in [-0.4, -0.2) is 36.4 Å². The maximum absolute atomic E-state index is 12.3. The van der Waals surface area contributed by atoms with Crippen molar-refractivity contribution in [2.24, 2.45) is 0 Å². The van der Waals surface area contributed by atoms with E-state index in [0.717, 1.165) is 148 Å². The smallest absolute Gasteiger partial charge is 0.306 e. The molecule has 0 fully saturated rings. The summed E-state index contributed by atoms with van der Waals surface area (Å²) in [4.78, 5) is 24.4. The first kappa shape index (κ1) is 65.3. The molecule has 0 heterocycles. The second kappa shape index (κ2) is 58.6. The van der Waals surface area contributed by atoms with Crippen LogP contribution in [-0.2, 0) is 19.1 Å². The van der Waals surface area contributed by atoms with Crippen molar-refractivity contribution in [3.8, 4) is 0 Å². The monoisotopic (exact) mass is 961 g/mol. The molecule has 0 aromatic heterocycles. The molecule has 0 spiro atoms. The van der Waals surface area contributed by atoms with Gasteiger partial charge in [0.2, 0.25) is 0 Å². The van der Waals surface area contributed by atoms with E-state index in [-0.39, 0.29) is 25.2 Å². The molecule has 0 aromatic rings. The third-order valence-electron chi connectivity index (χ3n) is 11.0. The second-order valence-electron chi connectivity index (χ2n) is 17.6. The van der Waals surface area contributed by atoms with E-state index in [4.69, 9.17) is 9.47 Å². The van der Waals surface area contributed by atoms with Crippen LogP contribution in [0.5, 0.6) is 0 Å². The van der Waals surface area contributed by atoms with Crippen LogP contribution in [0.25, 0.3) is 0 Å². The van der Waals surface area contributed by atoms with Crippen molar-refractivity contribution in [2.45, 2.75) is 213 Å². The molecule has 0 saturated heterocycles. The molecule has 390 valence electrons. The van der Waals surface area contributed by atoms with Crippen LogP contribution in [0.2, 0.25) is 0 Å². The molecule has 1 N–H and O–H groups in total. The van der Waals surface area contributed by atoms with E-state index < -0.39 is 6.10 Å². The summed E-state index contributed by atoms with van der Waals surface area (Å²) < 4.78 is 10.6. The Balaban J connectivity index is 3.70. The summed E-state index contributed by atoms with van der Waals surface area (Å²) in [6.07, 6.45) is 91.7. The number of hydrogen-bond donors (Lipinski definition) is 1. The number of aliphatic hydroxyl groups is 1. The molecule has 5 nitrogen and oxygen atoms in total. The third kappa shape index (κ3) is 55.9. The van der Waals surface area contributed by atoms with Gasteiger partial charge in [0.25, 0.3) is 0 Å². The molecule has 0 aliphatic carbocycles. The van der Waals surface area contributed by atoms with Gasteiger partial charge in [-0.3, -0.25) is 9.59 Å². The number of aliphatic hydroxyl groups excluding tert-OH is 1. The minimum atomic E-state index is -0.804. The SMILES string of the molecule is CC/C=C\C/C=C\C/C=C\C/C=C\C/C=C\C/C=C\C/C=C\C/C=C\C/C=C\C/C=C\C/C=C\C/C=C\CCCCCCC(=O)OC(CO)COC(=O)CCCCCCC/C=C\C/C=C\CCCCC. The van der Waals surface area contributed by atoms with E-state index in [1.165, 1.54) is 32.1 Å². The lowest BCUT2D eigenvalue weighted by molar-refractivity contribution is -0.161. The molecular weight excluding hydrogens is 861 g/mol. The minimum Gasteiger partial charge on any atom is -0.462 e. The molecule has 0 aromatic carbocycles. The van der Waals surface area contributed by atoms with Crippen LogP contribution in [0, 0.1) is 0 Å². The van der Waals surface area contributed by atoms with Crippen molar-refractivity contribution in [1.82, 2.24) is 0 Å². The van der Waals surface area contributed by atoms with Crippen LogP contribution in [0.15, 0.2) is 170 Å². The number of allylic oxidation sites excluding steroid dienone is 28. The normalized spacial score (nSPS) is 13.6. The van der Waals surface area contributed by atoms with Gasteiger partial charge < -0.3 is 14.6 Å². The van der Waals surface area contributed by atoms with Crippen molar-refractivity contribution in [2.75, 3.05) is 13.2 Å². The van der Waals surface area contributed by atoms with Gasteiger partial charge in [0.15, 0.2) is 6.10 Å². The number of unbranched alkanes of at least 4 members (excludes halogenated alkanes) is 12. The first-order valence-corrected chi connectivity index (χ1v) is 27.7. The third-order valence-corrected chi connectivity index (χ3v) is 11.0. The lowest BCUT2D eigenvalue weighted by Gasteiger charge is -2.15. The Morgan fingerprint density at radius 3 is 0.929 bits per heavy atom. The second-order valence-corrected chi connectivity index (χ2v) is 17.6. The van der Waals surface area contributed by atoms with E-state index in [1.807, 2.05) is 0 Å². The van der Waals surface area contributed by atoms with Crippen LogP contribution >= 0.6 is 0 Å². The molecule has 0 aliphatic heterocycles. The van der Waals surface area contributed by atoms with Crippen LogP contribution in [0.3, 0.4) is 0 Å². The van der Waals surface area contributed by atoms with Crippen LogP contribution in [0.1, 0.15) is 206 Å². The highest BCUT2D eigenvalue weighted by Gasteiger charge is 2.16. The number of hydrogen-bond acceptors (Lipinski definition) is 5. The largest absolute Gasteiger partial charge is 0.462 e. The van der Waals surface area contributed by atoms with Crippen molar-refractivity contribution < 1.29 is 24.2 Å². The fourth-order valence-electron chi connectivity index (χ4n) is 6.86. The predicted molar refractivity (Wildman–Crippen MR) is 306 cm³/mol. The minimum absolute atomic E-state index is 0.0943. The van der Waals surface area contributed by atoms with Gasteiger partial charge >= 0.3 is 11.9 Å². The molecule has 1 unspecified atom stereocenters. The molecule has 1 atom stereocenters. The van der Waals surface area contributed by atoms with Gasteiger partial charge in [0, 0.05) is 12.8 Å². The molecule has 0 bridgehead atoms. The van der Waals surface area contributed by atoms with E-state index in [1.54, 1.807) is 0 Å². The van der Waals surface area contributed by atoms with Gasteiger partial charge in [-0.1, -0.05) is 229 Å². The number of esters is 2. The molecule has 5 heteroatoms. The fraction of sp³-hybridized carbons (Fsp3) is 0.538. The zero-order chi connectivity index (χ0) is 50.6. The summed E-state index contributed by atoms with van der Waals surface area (Å²) in [6.45, 7) is 3.95. The molecule has 0 amide bonds. The van der Waals surface area contributed by atoms with Gasteiger partial charge in [-0.15, -0.1) is 0 Å². The first-order valence-electron chi connectivity index (χ1n) is 27.7. The predicted octanol–water partition coefficient (Wildman–Crippen LogP) is 19.0. The van der Waals surface area contributed by atoms with E-state index in [2.05, 4.69) is 184 Å². The molecule has 0 saturated carbocycles. The lowest BCUT2D eigenvalue weighted by Crippen LogP contribution is -2.28. The highest BCUT2D eigenvalue weighted by molar-refractivity contribution is 5.70. The average Bonchev–Trinajstić information content (AvgIpc) is 3.36.